The summed E-state index contributed by atoms with van der Waals surface area (Å²) in [6, 6.07) is 16.2. The Labute approximate surface area is 185 Å². The van der Waals surface area contributed by atoms with E-state index in [1.54, 1.807) is 48.0 Å². The fraction of sp³-hybridized carbons (Fsp3) is 0.227. The van der Waals surface area contributed by atoms with E-state index in [4.69, 9.17) is 26.7 Å². The van der Waals surface area contributed by atoms with E-state index in [9.17, 15) is 4.79 Å². The van der Waals surface area contributed by atoms with Crippen LogP contribution >= 0.6 is 11.6 Å². The minimum atomic E-state index is -0.339. The van der Waals surface area contributed by atoms with Gasteiger partial charge in [-0.2, -0.15) is 10.2 Å². The highest BCUT2D eigenvalue weighted by molar-refractivity contribution is 6.30. The largest absolute Gasteiger partial charge is 0.425 e. The van der Waals surface area contributed by atoms with Crippen LogP contribution in [0.3, 0.4) is 0 Å². The Morgan fingerprint density at radius 3 is 2.55 bits per heavy atom. The highest BCUT2D eigenvalue weighted by Crippen LogP contribution is 2.28. The number of halogens is 1. The smallest absolute Gasteiger partial charge is 0.304 e. The zero-order valence-electron chi connectivity index (χ0n) is 16.9. The van der Waals surface area contributed by atoms with E-state index >= 15 is 0 Å². The van der Waals surface area contributed by atoms with Gasteiger partial charge in [0.1, 0.15) is 5.75 Å². The molecule has 1 amide bonds. The first-order valence-electron chi connectivity index (χ1n) is 9.65. The minimum absolute atomic E-state index is 0.0176. The number of hydrogen-bond donors (Lipinski definition) is 3. The molecule has 0 bridgehead atoms. The molecule has 0 atom stereocenters. The molecule has 0 fully saturated rings. The number of aliphatic hydroxyl groups excluding tert-OH is 1. The number of nitrogens with one attached hydrogen (secondary N) is 2. The van der Waals surface area contributed by atoms with E-state index in [1.807, 2.05) is 12.1 Å². The molecule has 3 aromatic rings. The van der Waals surface area contributed by atoms with Gasteiger partial charge in [-0.1, -0.05) is 23.7 Å². The summed E-state index contributed by atoms with van der Waals surface area (Å²) in [5.41, 5.74) is 1.72. The van der Waals surface area contributed by atoms with E-state index in [1.165, 1.54) is 0 Å². The van der Waals surface area contributed by atoms with Gasteiger partial charge in [-0.15, -0.1) is 0 Å². The number of rotatable bonds is 9. The van der Waals surface area contributed by atoms with Crippen LogP contribution in [-0.2, 0) is 6.54 Å². The molecule has 3 N–H and O–H groups in total. The molecule has 1 heterocycles. The van der Waals surface area contributed by atoms with Crippen molar-refractivity contribution >= 4 is 23.3 Å². The van der Waals surface area contributed by atoms with Gasteiger partial charge in [0.2, 0.25) is 0 Å². The van der Waals surface area contributed by atoms with Crippen LogP contribution in [0.1, 0.15) is 28.0 Å². The van der Waals surface area contributed by atoms with E-state index in [0.29, 0.717) is 47.4 Å². The number of amides is 1. The molecule has 0 aliphatic rings. The highest BCUT2D eigenvalue weighted by Gasteiger charge is 2.24. The maximum atomic E-state index is 12.9. The van der Waals surface area contributed by atoms with Crippen molar-refractivity contribution in [2.75, 3.05) is 25.5 Å². The summed E-state index contributed by atoms with van der Waals surface area (Å²) in [7, 11) is 1.67. The van der Waals surface area contributed by atoms with E-state index in [-0.39, 0.29) is 18.5 Å². The third kappa shape index (κ3) is 5.54. The van der Waals surface area contributed by atoms with Crippen LogP contribution in [0.5, 0.6) is 11.8 Å². The number of hydrogen-bond acceptors (Lipinski definition) is 6. The van der Waals surface area contributed by atoms with Gasteiger partial charge in [0, 0.05) is 25.2 Å². The Bertz CT molecular complexity index is 1070. The average Bonchev–Trinajstić information content (AvgIpc) is 3.13. The molecule has 0 aliphatic heterocycles. The number of carbonyl (C=O) groups excluding carboxylic acids is 1. The summed E-state index contributed by atoms with van der Waals surface area (Å²) in [5.74, 6) is 0.504. The first-order chi connectivity index (χ1) is 15.0. The van der Waals surface area contributed by atoms with Gasteiger partial charge in [0.25, 0.3) is 5.91 Å². The second-order valence-corrected chi connectivity index (χ2v) is 7.06. The van der Waals surface area contributed by atoms with Crippen molar-refractivity contribution in [1.29, 1.82) is 5.26 Å². The number of imidazole rings is 1. The molecule has 2 aromatic carbocycles. The number of aliphatic hydroxyl groups is 1. The first kappa shape index (κ1) is 22.2. The summed E-state index contributed by atoms with van der Waals surface area (Å²) in [6.07, 6.45) is 0.445. The van der Waals surface area contributed by atoms with Crippen molar-refractivity contribution in [1.82, 2.24) is 14.9 Å². The van der Waals surface area contributed by atoms with Crippen LogP contribution in [0, 0.1) is 11.3 Å². The highest BCUT2D eigenvalue weighted by atomic mass is 35.5. The maximum absolute atomic E-state index is 12.9. The number of nitrogens with zero attached hydrogens (tertiary/aromatic N) is 3. The monoisotopic (exact) mass is 439 g/mol. The van der Waals surface area contributed by atoms with Crippen LogP contribution < -0.4 is 15.4 Å². The van der Waals surface area contributed by atoms with Crippen molar-refractivity contribution in [3.05, 3.63) is 70.4 Å². The van der Waals surface area contributed by atoms with Crippen LogP contribution in [0.25, 0.3) is 0 Å². The molecule has 1 aromatic heterocycles. The van der Waals surface area contributed by atoms with Gasteiger partial charge in [0.15, 0.2) is 11.5 Å². The molecule has 31 heavy (non-hydrogen) atoms. The van der Waals surface area contributed by atoms with Gasteiger partial charge in [0.05, 0.1) is 18.2 Å². The molecule has 3 rings (SSSR count). The Kier molecular flexibility index (Phi) is 7.49. The van der Waals surface area contributed by atoms with Crippen LogP contribution in [0.15, 0.2) is 48.5 Å². The number of ether oxygens (including phenoxy) is 1. The molecule has 0 unspecified atom stereocenters. The Hall–Kier alpha value is -3.54. The lowest BCUT2D eigenvalue weighted by Gasteiger charge is -2.13. The lowest BCUT2D eigenvalue weighted by atomic mass is 10.2. The number of benzene rings is 2. The Morgan fingerprint density at radius 2 is 1.94 bits per heavy atom. The molecular weight excluding hydrogens is 418 g/mol. The Morgan fingerprint density at radius 1 is 1.23 bits per heavy atom. The van der Waals surface area contributed by atoms with Gasteiger partial charge in [-0.3, -0.25) is 9.36 Å². The third-order valence-electron chi connectivity index (χ3n) is 4.45. The molecule has 0 radical (unpaired) electrons. The third-order valence-corrected chi connectivity index (χ3v) is 4.70. The van der Waals surface area contributed by atoms with Gasteiger partial charge in [-0.05, 0) is 48.4 Å². The average molecular weight is 440 g/mol. The lowest BCUT2D eigenvalue weighted by Crippen LogP contribution is -2.28. The second-order valence-electron chi connectivity index (χ2n) is 6.63. The van der Waals surface area contributed by atoms with Crippen molar-refractivity contribution in [3.63, 3.8) is 0 Å². The molecule has 0 aliphatic carbocycles. The molecule has 0 spiro atoms. The van der Waals surface area contributed by atoms with E-state index in [0.717, 1.165) is 5.56 Å². The van der Waals surface area contributed by atoms with Crippen molar-refractivity contribution < 1.29 is 14.6 Å². The molecule has 160 valence electrons. The molecule has 0 saturated carbocycles. The van der Waals surface area contributed by atoms with Crippen LogP contribution in [0.4, 0.5) is 5.82 Å². The number of anilines is 1. The molecule has 0 saturated heterocycles. The number of aromatic nitrogens is 2. The normalized spacial score (nSPS) is 10.4. The Balaban J connectivity index is 1.99. The predicted octanol–water partition coefficient (Wildman–Crippen LogP) is 3.40. The zero-order chi connectivity index (χ0) is 22.2. The topological polar surface area (TPSA) is 112 Å². The molecule has 8 nitrogen and oxygen atoms in total. The fourth-order valence-electron chi connectivity index (χ4n) is 2.90. The lowest BCUT2D eigenvalue weighted by molar-refractivity contribution is 0.0942. The zero-order valence-corrected chi connectivity index (χ0v) is 17.7. The second kappa shape index (κ2) is 10.5. The van der Waals surface area contributed by atoms with Crippen molar-refractivity contribution in [2.45, 2.75) is 13.0 Å². The minimum Gasteiger partial charge on any atom is -0.425 e. The summed E-state index contributed by atoms with van der Waals surface area (Å²) < 4.78 is 7.63. The fourth-order valence-corrected chi connectivity index (χ4v) is 3.03. The SMILES string of the molecule is CNc1nc(Oc2ccc(C#N)cc2)n(Cc2ccc(Cl)cc2)c1C(=O)NCCCO. The van der Waals surface area contributed by atoms with Crippen LogP contribution in [-0.4, -0.2) is 40.8 Å². The van der Waals surface area contributed by atoms with Gasteiger partial charge < -0.3 is 20.5 Å². The van der Waals surface area contributed by atoms with Crippen molar-refractivity contribution in [2.24, 2.45) is 0 Å². The quantitative estimate of drug-likeness (QED) is 0.440. The molecule has 9 heteroatoms. The maximum Gasteiger partial charge on any atom is 0.304 e. The predicted molar refractivity (Wildman–Crippen MR) is 118 cm³/mol. The first-order valence-corrected chi connectivity index (χ1v) is 10.0. The number of nitriles is 1. The van der Waals surface area contributed by atoms with Gasteiger partial charge >= 0.3 is 6.01 Å². The van der Waals surface area contributed by atoms with E-state index < -0.39 is 0 Å². The summed E-state index contributed by atoms with van der Waals surface area (Å²) in [5, 5.41) is 24.3. The standard InChI is InChI=1S/C22H22ClN5O3/c1-25-20-19(21(30)26-11-2-12-29)28(14-16-3-7-17(23)8-4-16)22(27-20)31-18-9-5-15(13-24)6-10-18/h3-10,25,29H,2,11-12,14H2,1H3,(H,26,30). The van der Waals surface area contributed by atoms with E-state index in [2.05, 4.69) is 21.7 Å². The molecular formula is C22H22ClN5O3. The van der Waals surface area contributed by atoms with Crippen molar-refractivity contribution in [3.8, 4) is 17.8 Å². The summed E-state index contributed by atoms with van der Waals surface area (Å²) in [4.78, 5) is 17.4. The summed E-state index contributed by atoms with van der Waals surface area (Å²) >= 11 is 6.00. The van der Waals surface area contributed by atoms with Gasteiger partial charge in [-0.25, -0.2) is 0 Å². The van der Waals surface area contributed by atoms with Crippen LogP contribution in [0.2, 0.25) is 5.02 Å². The summed E-state index contributed by atoms with van der Waals surface area (Å²) in [6.45, 7) is 0.632. The number of carbonyl (C=O) groups is 1.